The van der Waals surface area contributed by atoms with E-state index in [2.05, 4.69) is 5.32 Å². The lowest BCUT2D eigenvalue weighted by molar-refractivity contribution is -0.138. The summed E-state index contributed by atoms with van der Waals surface area (Å²) in [5.74, 6) is -1.38. The number of fused-ring (bicyclic) bond motifs is 1. The van der Waals surface area contributed by atoms with E-state index < -0.39 is 11.9 Å². The molecule has 4 nitrogen and oxygen atoms in total. The van der Waals surface area contributed by atoms with Gasteiger partial charge in [0.1, 0.15) is 0 Å². The predicted octanol–water partition coefficient (Wildman–Crippen LogP) is 2.70. The van der Waals surface area contributed by atoms with Gasteiger partial charge in [-0.05, 0) is 31.0 Å². The third-order valence-electron chi connectivity index (χ3n) is 3.04. The van der Waals surface area contributed by atoms with Gasteiger partial charge >= 0.3 is 5.97 Å². The van der Waals surface area contributed by atoms with Crippen molar-refractivity contribution >= 4 is 29.3 Å². The van der Waals surface area contributed by atoms with E-state index in [-0.39, 0.29) is 11.2 Å². The number of thioether (sulfide) groups is 1. The number of carbonyl (C=O) groups excluding carboxylic acids is 1. The molecule has 0 aliphatic carbocycles. The van der Waals surface area contributed by atoms with E-state index in [4.69, 9.17) is 5.11 Å². The van der Waals surface area contributed by atoms with Gasteiger partial charge in [0.05, 0.1) is 16.9 Å². The Bertz CT molecular complexity index is 501. The summed E-state index contributed by atoms with van der Waals surface area (Å²) < 4.78 is 0. The van der Waals surface area contributed by atoms with Crippen LogP contribution >= 0.6 is 11.8 Å². The summed E-state index contributed by atoms with van der Waals surface area (Å²) in [7, 11) is 0. The highest BCUT2D eigenvalue weighted by atomic mass is 32.2. The molecule has 1 aromatic carbocycles. The topological polar surface area (TPSA) is 66.4 Å². The van der Waals surface area contributed by atoms with Crippen molar-refractivity contribution in [1.82, 2.24) is 0 Å². The lowest BCUT2D eigenvalue weighted by Gasteiger charge is -2.22. The van der Waals surface area contributed by atoms with Crippen molar-refractivity contribution in [1.29, 1.82) is 0 Å². The Labute approximate surface area is 110 Å². The molecule has 2 rings (SSSR count). The lowest BCUT2D eigenvalue weighted by atomic mass is 9.96. The van der Waals surface area contributed by atoms with Gasteiger partial charge < -0.3 is 10.4 Å². The van der Waals surface area contributed by atoms with Gasteiger partial charge in [-0.25, -0.2) is 0 Å². The predicted molar refractivity (Wildman–Crippen MR) is 71.1 cm³/mol. The normalized spacial score (nSPS) is 19.9. The van der Waals surface area contributed by atoms with Gasteiger partial charge in [0, 0.05) is 4.90 Å². The number of carboxylic acids is 1. The van der Waals surface area contributed by atoms with Crippen LogP contribution in [0.2, 0.25) is 0 Å². The molecular weight excluding hydrogens is 250 g/mol. The molecule has 5 heteroatoms. The fraction of sp³-hybridized carbons (Fsp3) is 0.385. The lowest BCUT2D eigenvalue weighted by Crippen LogP contribution is -2.26. The average Bonchev–Trinajstić information content (AvgIpc) is 2.31. The van der Waals surface area contributed by atoms with Crippen LogP contribution in [0.25, 0.3) is 0 Å². The van der Waals surface area contributed by atoms with Gasteiger partial charge in [-0.2, -0.15) is 0 Å². The summed E-state index contributed by atoms with van der Waals surface area (Å²) in [6.07, 6.45) is 0.533. The SMILES string of the molecule is CCC(C(=O)O)c1ccc2c(c1)NC(=O)C(C)S2. The minimum Gasteiger partial charge on any atom is -0.481 e. The summed E-state index contributed by atoms with van der Waals surface area (Å²) in [5.41, 5.74) is 1.46. The number of carboxylic acid groups (broad SMARTS) is 1. The van der Waals surface area contributed by atoms with Crippen LogP contribution in [0.4, 0.5) is 5.69 Å². The number of carbonyl (C=O) groups is 2. The zero-order valence-electron chi connectivity index (χ0n) is 10.3. The first-order valence-electron chi connectivity index (χ1n) is 5.87. The molecule has 0 radical (unpaired) electrons. The van der Waals surface area contributed by atoms with E-state index in [1.165, 1.54) is 11.8 Å². The van der Waals surface area contributed by atoms with E-state index in [1.807, 2.05) is 26.0 Å². The molecule has 0 saturated carbocycles. The van der Waals surface area contributed by atoms with Gasteiger partial charge in [0.25, 0.3) is 0 Å². The number of hydrogen-bond acceptors (Lipinski definition) is 3. The third kappa shape index (κ3) is 2.36. The Kier molecular flexibility index (Phi) is 3.61. The van der Waals surface area contributed by atoms with Crippen molar-refractivity contribution in [3.63, 3.8) is 0 Å². The van der Waals surface area contributed by atoms with Gasteiger partial charge in [0.2, 0.25) is 5.91 Å². The van der Waals surface area contributed by atoms with Crippen LogP contribution in [0.5, 0.6) is 0 Å². The minimum atomic E-state index is -0.833. The van der Waals surface area contributed by atoms with E-state index >= 15 is 0 Å². The second-order valence-corrected chi connectivity index (χ2v) is 5.69. The molecule has 1 heterocycles. The van der Waals surface area contributed by atoms with Crippen molar-refractivity contribution < 1.29 is 14.7 Å². The van der Waals surface area contributed by atoms with E-state index in [1.54, 1.807) is 6.07 Å². The number of hydrogen-bond donors (Lipinski definition) is 2. The Morgan fingerprint density at radius 2 is 2.28 bits per heavy atom. The van der Waals surface area contributed by atoms with Crippen LogP contribution in [0.3, 0.4) is 0 Å². The smallest absolute Gasteiger partial charge is 0.310 e. The van der Waals surface area contributed by atoms with Gasteiger partial charge in [-0.3, -0.25) is 9.59 Å². The number of benzene rings is 1. The quantitative estimate of drug-likeness (QED) is 0.881. The Morgan fingerprint density at radius 3 is 2.89 bits per heavy atom. The highest BCUT2D eigenvalue weighted by Gasteiger charge is 2.25. The Balaban J connectivity index is 2.35. The molecule has 2 unspecified atom stereocenters. The maximum atomic E-state index is 11.6. The molecule has 1 aliphatic rings. The molecule has 0 saturated heterocycles. The molecule has 1 aromatic rings. The summed E-state index contributed by atoms with van der Waals surface area (Å²) in [4.78, 5) is 23.7. The van der Waals surface area contributed by atoms with Crippen molar-refractivity contribution in [2.24, 2.45) is 0 Å². The van der Waals surface area contributed by atoms with Gasteiger partial charge in [-0.15, -0.1) is 11.8 Å². The largest absolute Gasteiger partial charge is 0.481 e. The maximum Gasteiger partial charge on any atom is 0.310 e. The van der Waals surface area contributed by atoms with Crippen LogP contribution in [-0.2, 0) is 9.59 Å². The van der Waals surface area contributed by atoms with Crippen LogP contribution in [-0.4, -0.2) is 22.2 Å². The van der Waals surface area contributed by atoms with Crippen LogP contribution in [0.15, 0.2) is 23.1 Å². The summed E-state index contributed by atoms with van der Waals surface area (Å²) in [5, 5.41) is 11.8. The first kappa shape index (κ1) is 13.0. The number of rotatable bonds is 3. The zero-order valence-corrected chi connectivity index (χ0v) is 11.1. The minimum absolute atomic E-state index is 0.0342. The molecular formula is C13H15NO3S. The molecule has 96 valence electrons. The molecule has 2 atom stereocenters. The number of nitrogens with one attached hydrogen (secondary N) is 1. The first-order chi connectivity index (χ1) is 8.52. The van der Waals surface area contributed by atoms with Crippen LogP contribution in [0.1, 0.15) is 31.7 Å². The molecule has 0 fully saturated rings. The molecule has 18 heavy (non-hydrogen) atoms. The Morgan fingerprint density at radius 1 is 1.56 bits per heavy atom. The van der Waals surface area contributed by atoms with Gasteiger partial charge in [-0.1, -0.05) is 13.0 Å². The van der Waals surface area contributed by atoms with Crippen molar-refractivity contribution in [2.75, 3.05) is 5.32 Å². The summed E-state index contributed by atoms with van der Waals surface area (Å²) in [6, 6.07) is 5.49. The van der Waals surface area contributed by atoms with Crippen LogP contribution in [0, 0.1) is 0 Å². The second kappa shape index (κ2) is 5.02. The van der Waals surface area contributed by atoms with E-state index in [0.29, 0.717) is 6.42 Å². The van der Waals surface area contributed by atoms with Crippen molar-refractivity contribution in [3.05, 3.63) is 23.8 Å². The number of anilines is 1. The molecule has 0 aromatic heterocycles. The van der Waals surface area contributed by atoms with E-state index in [9.17, 15) is 9.59 Å². The molecule has 1 amide bonds. The molecule has 0 spiro atoms. The van der Waals surface area contributed by atoms with Crippen molar-refractivity contribution in [3.8, 4) is 0 Å². The molecule has 1 aliphatic heterocycles. The Hall–Kier alpha value is -1.49. The molecule has 0 bridgehead atoms. The zero-order chi connectivity index (χ0) is 13.3. The standard InChI is InChI=1S/C13H15NO3S/c1-3-9(13(16)17)8-4-5-11-10(6-8)14-12(15)7(2)18-11/h4-7,9H,3H2,1-2H3,(H,14,15)(H,16,17). The second-order valence-electron chi connectivity index (χ2n) is 4.30. The van der Waals surface area contributed by atoms with Crippen LogP contribution < -0.4 is 5.32 Å². The third-order valence-corrected chi connectivity index (χ3v) is 4.22. The van der Waals surface area contributed by atoms with Gasteiger partial charge in [0.15, 0.2) is 0 Å². The summed E-state index contributed by atoms with van der Waals surface area (Å²) >= 11 is 1.50. The highest BCUT2D eigenvalue weighted by molar-refractivity contribution is 8.00. The first-order valence-corrected chi connectivity index (χ1v) is 6.75. The number of aliphatic carboxylic acids is 1. The van der Waals surface area contributed by atoms with E-state index in [0.717, 1.165) is 16.1 Å². The highest BCUT2D eigenvalue weighted by Crippen LogP contribution is 2.37. The fourth-order valence-corrected chi connectivity index (χ4v) is 2.93. The fourth-order valence-electron chi connectivity index (χ4n) is 2.00. The van der Waals surface area contributed by atoms with Crippen molar-refractivity contribution in [2.45, 2.75) is 36.3 Å². The molecule has 2 N–H and O–H groups in total. The average molecular weight is 265 g/mol. The maximum absolute atomic E-state index is 11.6. The monoisotopic (exact) mass is 265 g/mol. The summed E-state index contributed by atoms with van der Waals surface area (Å²) in [6.45, 7) is 3.69. The number of amides is 1.